The highest BCUT2D eigenvalue weighted by Crippen LogP contribution is 2.17. The average Bonchev–Trinajstić information content (AvgIpc) is 2.90. The summed E-state index contributed by atoms with van der Waals surface area (Å²) in [4.78, 5) is 23.9. The third-order valence-corrected chi connectivity index (χ3v) is 4.35. The fraction of sp³-hybridized carbons (Fsp3) is 0.562. The van der Waals surface area contributed by atoms with E-state index in [4.69, 9.17) is 0 Å². The molecule has 2 aromatic heterocycles. The number of rotatable bonds is 5. The first-order valence-corrected chi connectivity index (χ1v) is 8.40. The average molecular weight is 333 g/mol. The smallest absolute Gasteiger partial charge is 0.350 e. The van der Waals surface area contributed by atoms with E-state index in [0.717, 1.165) is 25.7 Å². The lowest BCUT2D eigenvalue weighted by Gasteiger charge is -2.26. The number of aliphatic hydroxyl groups is 1. The van der Waals surface area contributed by atoms with E-state index < -0.39 is 0 Å². The zero-order chi connectivity index (χ0) is 16.9. The number of urea groups is 1. The molecule has 2 heterocycles. The van der Waals surface area contributed by atoms with Gasteiger partial charge in [-0.05, 0) is 44.2 Å². The van der Waals surface area contributed by atoms with Gasteiger partial charge in [0, 0.05) is 25.3 Å². The van der Waals surface area contributed by atoms with Gasteiger partial charge in [0.2, 0.25) is 0 Å². The van der Waals surface area contributed by atoms with Gasteiger partial charge in [0.1, 0.15) is 0 Å². The number of aliphatic hydroxyl groups excluding tert-OH is 1. The maximum Gasteiger partial charge on any atom is 0.350 e. The van der Waals surface area contributed by atoms with Crippen LogP contribution in [0.3, 0.4) is 0 Å². The quantitative estimate of drug-likeness (QED) is 0.693. The molecule has 0 aromatic carbocycles. The van der Waals surface area contributed by atoms with Crippen LogP contribution in [0.15, 0.2) is 29.2 Å². The van der Waals surface area contributed by atoms with E-state index in [-0.39, 0.29) is 23.9 Å². The molecule has 0 saturated heterocycles. The van der Waals surface area contributed by atoms with Crippen molar-refractivity contribution in [1.29, 1.82) is 0 Å². The first kappa shape index (κ1) is 16.5. The zero-order valence-electron chi connectivity index (χ0n) is 13.5. The van der Waals surface area contributed by atoms with Crippen LogP contribution in [0, 0.1) is 0 Å². The largest absolute Gasteiger partial charge is 0.393 e. The lowest BCUT2D eigenvalue weighted by atomic mass is 9.93. The third kappa shape index (κ3) is 3.94. The van der Waals surface area contributed by atoms with Gasteiger partial charge in [-0.3, -0.25) is 4.40 Å². The van der Waals surface area contributed by atoms with E-state index in [1.54, 1.807) is 18.3 Å². The molecule has 130 valence electrons. The van der Waals surface area contributed by atoms with Gasteiger partial charge in [0.15, 0.2) is 5.65 Å². The molecule has 1 saturated carbocycles. The Bertz CT molecular complexity index is 745. The molecule has 1 aliphatic rings. The van der Waals surface area contributed by atoms with Crippen LogP contribution < -0.4 is 16.3 Å². The minimum Gasteiger partial charge on any atom is -0.393 e. The molecule has 24 heavy (non-hydrogen) atoms. The maximum absolute atomic E-state index is 12.1. The normalized spacial score (nSPS) is 20.9. The van der Waals surface area contributed by atoms with Crippen LogP contribution in [0.25, 0.3) is 5.65 Å². The number of nitrogens with one attached hydrogen (secondary N) is 2. The molecule has 2 amide bonds. The molecule has 0 aliphatic heterocycles. The molecule has 3 rings (SSSR count). The minimum atomic E-state index is -0.227. The number of aromatic nitrogens is 3. The maximum atomic E-state index is 12.1. The van der Waals surface area contributed by atoms with E-state index in [1.807, 2.05) is 6.07 Å². The number of nitrogens with zero attached hydrogens (tertiary/aromatic N) is 3. The van der Waals surface area contributed by atoms with Crippen LogP contribution in [0.4, 0.5) is 4.79 Å². The Morgan fingerprint density at radius 1 is 1.29 bits per heavy atom. The highest BCUT2D eigenvalue weighted by atomic mass is 16.3. The second-order valence-corrected chi connectivity index (χ2v) is 6.19. The van der Waals surface area contributed by atoms with Gasteiger partial charge in [-0.2, -0.15) is 0 Å². The van der Waals surface area contributed by atoms with Crippen molar-refractivity contribution in [2.75, 3.05) is 6.54 Å². The number of hydrogen-bond acceptors (Lipinski definition) is 4. The molecular formula is C16H23N5O3. The number of pyridine rings is 1. The van der Waals surface area contributed by atoms with Crippen molar-refractivity contribution in [3.8, 4) is 0 Å². The number of amides is 2. The van der Waals surface area contributed by atoms with Gasteiger partial charge in [-0.25, -0.2) is 14.3 Å². The molecule has 0 bridgehead atoms. The minimum absolute atomic E-state index is 0.134. The van der Waals surface area contributed by atoms with Crippen LogP contribution in [0.2, 0.25) is 0 Å². The van der Waals surface area contributed by atoms with E-state index in [1.165, 1.54) is 9.08 Å². The number of carbonyl (C=O) groups excluding carboxylic acids is 1. The lowest BCUT2D eigenvalue weighted by Crippen LogP contribution is -2.44. The SMILES string of the molecule is O=C(NCCCn1nc2ccccn2c1=O)NC1CCC(O)CC1. The second kappa shape index (κ2) is 7.48. The summed E-state index contributed by atoms with van der Waals surface area (Å²) in [6.07, 6.45) is 5.18. The topological polar surface area (TPSA) is 101 Å². The lowest BCUT2D eigenvalue weighted by molar-refractivity contribution is 0.117. The van der Waals surface area contributed by atoms with Gasteiger partial charge >= 0.3 is 11.7 Å². The Morgan fingerprint density at radius 2 is 2.08 bits per heavy atom. The summed E-state index contributed by atoms with van der Waals surface area (Å²) in [7, 11) is 0. The van der Waals surface area contributed by atoms with Gasteiger partial charge in [-0.15, -0.1) is 5.10 Å². The summed E-state index contributed by atoms with van der Waals surface area (Å²) < 4.78 is 2.91. The summed E-state index contributed by atoms with van der Waals surface area (Å²) in [6.45, 7) is 0.928. The molecule has 8 nitrogen and oxygen atoms in total. The van der Waals surface area contributed by atoms with Crippen LogP contribution in [-0.4, -0.2) is 44.0 Å². The van der Waals surface area contributed by atoms with Crippen molar-refractivity contribution in [3.05, 3.63) is 34.9 Å². The van der Waals surface area contributed by atoms with Crippen molar-refractivity contribution < 1.29 is 9.90 Å². The third-order valence-electron chi connectivity index (χ3n) is 4.35. The summed E-state index contributed by atoms with van der Waals surface area (Å²) >= 11 is 0. The summed E-state index contributed by atoms with van der Waals surface area (Å²) in [6, 6.07) is 5.34. The number of aryl methyl sites for hydroxylation is 1. The first-order valence-electron chi connectivity index (χ1n) is 8.40. The molecule has 2 aromatic rings. The first-order chi connectivity index (χ1) is 11.6. The monoisotopic (exact) mass is 333 g/mol. The fourth-order valence-corrected chi connectivity index (χ4v) is 3.00. The van der Waals surface area contributed by atoms with Crippen molar-refractivity contribution in [2.24, 2.45) is 0 Å². The van der Waals surface area contributed by atoms with Crippen LogP contribution in [0.5, 0.6) is 0 Å². The summed E-state index contributed by atoms with van der Waals surface area (Å²) in [5.41, 5.74) is 0.448. The van der Waals surface area contributed by atoms with Crippen molar-refractivity contribution in [2.45, 2.75) is 50.8 Å². The van der Waals surface area contributed by atoms with Crippen LogP contribution >= 0.6 is 0 Å². The standard InChI is InChI=1S/C16H23N5O3/c22-13-7-5-12(6-8-13)18-15(23)17-9-3-11-21-16(24)20-10-2-1-4-14(20)19-21/h1-2,4,10,12-13,22H,3,5-9,11H2,(H2,17,18,23). The highest BCUT2D eigenvalue weighted by molar-refractivity contribution is 5.74. The Kier molecular flexibility index (Phi) is 5.14. The molecule has 3 N–H and O–H groups in total. The van der Waals surface area contributed by atoms with E-state index in [0.29, 0.717) is 25.2 Å². The number of carbonyl (C=O) groups is 1. The van der Waals surface area contributed by atoms with E-state index in [9.17, 15) is 14.7 Å². The van der Waals surface area contributed by atoms with Gasteiger partial charge < -0.3 is 15.7 Å². The predicted molar refractivity (Wildman–Crippen MR) is 88.9 cm³/mol. The van der Waals surface area contributed by atoms with E-state index in [2.05, 4.69) is 15.7 Å². The van der Waals surface area contributed by atoms with Crippen LogP contribution in [-0.2, 0) is 6.54 Å². The molecule has 1 fully saturated rings. The molecule has 0 radical (unpaired) electrons. The predicted octanol–water partition coefficient (Wildman–Crippen LogP) is 0.489. The zero-order valence-corrected chi connectivity index (χ0v) is 13.5. The van der Waals surface area contributed by atoms with Crippen molar-refractivity contribution >= 4 is 11.7 Å². The number of hydrogen-bond donors (Lipinski definition) is 3. The Hall–Kier alpha value is -2.35. The fourth-order valence-electron chi connectivity index (χ4n) is 3.00. The number of fused-ring (bicyclic) bond motifs is 1. The molecule has 0 unspecified atom stereocenters. The van der Waals surface area contributed by atoms with Crippen LogP contribution in [0.1, 0.15) is 32.1 Å². The second-order valence-electron chi connectivity index (χ2n) is 6.19. The van der Waals surface area contributed by atoms with E-state index >= 15 is 0 Å². The molecule has 1 aliphatic carbocycles. The van der Waals surface area contributed by atoms with Crippen molar-refractivity contribution in [3.63, 3.8) is 0 Å². The summed E-state index contributed by atoms with van der Waals surface area (Å²) in [5, 5.41) is 19.4. The molecule has 0 spiro atoms. The molecular weight excluding hydrogens is 310 g/mol. The van der Waals surface area contributed by atoms with Gasteiger partial charge in [-0.1, -0.05) is 6.07 Å². The van der Waals surface area contributed by atoms with Gasteiger partial charge in [0.05, 0.1) is 6.10 Å². The van der Waals surface area contributed by atoms with Crippen molar-refractivity contribution in [1.82, 2.24) is 24.8 Å². The molecule has 0 atom stereocenters. The Morgan fingerprint density at radius 3 is 2.83 bits per heavy atom. The van der Waals surface area contributed by atoms with Gasteiger partial charge in [0.25, 0.3) is 0 Å². The molecule has 8 heteroatoms. The Labute approximate surface area is 139 Å². The Balaban J connectivity index is 1.41. The summed E-state index contributed by atoms with van der Waals surface area (Å²) in [5.74, 6) is 0. The highest BCUT2D eigenvalue weighted by Gasteiger charge is 2.20.